The topological polar surface area (TPSA) is 102 Å². The molecule has 4 aromatic rings. The number of nitrogens with one attached hydrogen (secondary N) is 1. The van der Waals surface area contributed by atoms with Gasteiger partial charge in [-0.15, -0.1) is 10.2 Å². The van der Waals surface area contributed by atoms with Crippen molar-refractivity contribution in [3.8, 4) is 17.0 Å². The first-order valence-corrected chi connectivity index (χ1v) is 11.9. The average molecular weight is 536 g/mol. The van der Waals surface area contributed by atoms with Crippen molar-refractivity contribution in [2.45, 2.75) is 50.3 Å². The summed E-state index contributed by atoms with van der Waals surface area (Å²) in [7, 11) is 1.33. The zero-order valence-electron chi connectivity index (χ0n) is 23.0. The molecule has 14 heteroatoms. The fraction of sp³-hybridized carbons (Fsp3) is 0.458. The van der Waals surface area contributed by atoms with E-state index in [1.54, 1.807) is 18.2 Å². The number of methoxy groups -OCH3 is 1. The molecule has 38 heavy (non-hydrogen) atoms. The van der Waals surface area contributed by atoms with Gasteiger partial charge < -0.3 is 15.0 Å². The van der Waals surface area contributed by atoms with Crippen molar-refractivity contribution in [2.75, 3.05) is 25.5 Å². The molecule has 0 radical (unpaired) electrons. The molecule has 0 spiro atoms. The van der Waals surface area contributed by atoms with Crippen LogP contribution in [0.4, 0.5) is 23.5 Å². The zero-order chi connectivity index (χ0) is 29.3. The summed E-state index contributed by atoms with van der Waals surface area (Å²) in [6, 6.07) is 3.47. The van der Waals surface area contributed by atoms with Gasteiger partial charge in [0.1, 0.15) is 17.2 Å². The summed E-state index contributed by atoms with van der Waals surface area (Å²) in [5, 5.41) is 15.2. The highest BCUT2D eigenvalue weighted by atomic mass is 19.3. The fourth-order valence-corrected chi connectivity index (χ4v) is 5.08. The van der Waals surface area contributed by atoms with Gasteiger partial charge in [0.25, 0.3) is 5.92 Å². The lowest BCUT2D eigenvalue weighted by Crippen LogP contribution is -2.49. The third-order valence-electron chi connectivity index (χ3n) is 7.06. The molecule has 200 valence electrons. The highest BCUT2D eigenvalue weighted by molar-refractivity contribution is 5.90. The highest BCUT2D eigenvalue weighted by Gasteiger charge is 2.47. The second-order valence-corrected chi connectivity index (χ2v) is 9.55. The smallest absolute Gasteiger partial charge is 0.252 e. The molecular weight excluding hydrogens is 508 g/mol. The van der Waals surface area contributed by atoms with Crippen LogP contribution in [0.25, 0.3) is 27.7 Å². The van der Waals surface area contributed by atoms with E-state index in [2.05, 4.69) is 25.7 Å². The Morgan fingerprint density at radius 2 is 2.13 bits per heavy atom. The molecule has 10 nitrogen and oxygen atoms in total. The summed E-state index contributed by atoms with van der Waals surface area (Å²) in [4.78, 5) is 17.3. The van der Waals surface area contributed by atoms with Crippen LogP contribution in [0.1, 0.15) is 36.3 Å². The zero-order valence-corrected chi connectivity index (χ0v) is 20.0. The van der Waals surface area contributed by atoms with Gasteiger partial charge in [0.15, 0.2) is 5.82 Å². The lowest BCUT2D eigenvalue weighted by molar-refractivity contribution is -0.131. The second-order valence-electron chi connectivity index (χ2n) is 9.55. The number of benzene rings is 1. The quantitative estimate of drug-likeness (QED) is 0.390. The highest BCUT2D eigenvalue weighted by Crippen LogP contribution is 2.46. The number of amides is 1. The van der Waals surface area contributed by atoms with Crippen LogP contribution in [0.3, 0.4) is 0 Å². The van der Waals surface area contributed by atoms with Crippen molar-refractivity contribution in [3.05, 3.63) is 30.2 Å². The Balaban J connectivity index is 1.29. The Morgan fingerprint density at radius 3 is 2.84 bits per heavy atom. The largest absolute Gasteiger partial charge is 0.479 e. The Bertz CT molecular complexity index is 1650. The molecule has 3 aromatic heterocycles. The minimum Gasteiger partial charge on any atom is -0.479 e. The number of rotatable bonds is 5. The number of likely N-dealkylation sites (tertiary alicyclic amines) is 1. The molecule has 0 unspecified atom stereocenters. The number of fused-ring (bicyclic) bond motifs is 2. The number of halogens is 4. The Kier molecular flexibility index (Phi) is 4.87. The fourth-order valence-electron chi connectivity index (χ4n) is 5.08. The van der Waals surface area contributed by atoms with E-state index < -0.39 is 49.3 Å². The monoisotopic (exact) mass is 535 g/mol. The normalized spacial score (nSPS) is 23.1. The lowest BCUT2D eigenvalue weighted by Gasteiger charge is -2.34. The van der Waals surface area contributed by atoms with Crippen molar-refractivity contribution in [1.29, 1.82) is 0 Å². The minimum absolute atomic E-state index is 0.0165. The van der Waals surface area contributed by atoms with Gasteiger partial charge in [0, 0.05) is 30.4 Å². The Hall–Kier alpha value is -3.97. The van der Waals surface area contributed by atoms with Gasteiger partial charge >= 0.3 is 0 Å². The number of alkyl halides is 3. The number of hydrogen-bond donors (Lipinski definition) is 1. The van der Waals surface area contributed by atoms with Crippen molar-refractivity contribution in [3.63, 3.8) is 0 Å². The molecule has 1 saturated carbocycles. The molecule has 1 aliphatic heterocycles. The number of aromatic nitrogens is 6. The van der Waals surface area contributed by atoms with Gasteiger partial charge in [0.05, 0.1) is 43.0 Å². The van der Waals surface area contributed by atoms with Crippen LogP contribution in [-0.2, 0) is 4.79 Å². The van der Waals surface area contributed by atoms with E-state index in [0.717, 1.165) is 11.1 Å². The Labute approximate surface area is 217 Å². The Morgan fingerprint density at radius 1 is 1.32 bits per heavy atom. The van der Waals surface area contributed by atoms with Crippen molar-refractivity contribution < 1.29 is 31.2 Å². The van der Waals surface area contributed by atoms with E-state index in [1.807, 2.05) is 0 Å². The van der Waals surface area contributed by atoms with Crippen LogP contribution in [-0.4, -0.2) is 78.7 Å². The summed E-state index contributed by atoms with van der Waals surface area (Å²) in [5.41, 5.74) is 1.61. The molecular formula is C24H24F4N8O2. The van der Waals surface area contributed by atoms with Crippen LogP contribution in [0.15, 0.2) is 24.4 Å². The summed E-state index contributed by atoms with van der Waals surface area (Å²) in [5.74, 6) is -4.62. The predicted octanol–water partition coefficient (Wildman–Crippen LogP) is 3.63. The van der Waals surface area contributed by atoms with Crippen LogP contribution >= 0.6 is 0 Å². The molecule has 1 saturated heterocycles. The van der Waals surface area contributed by atoms with E-state index in [1.165, 1.54) is 16.3 Å². The summed E-state index contributed by atoms with van der Waals surface area (Å²) >= 11 is 0. The third kappa shape index (κ3) is 4.07. The molecule has 2 fully saturated rings. The van der Waals surface area contributed by atoms with Gasteiger partial charge in [0.2, 0.25) is 17.7 Å². The van der Waals surface area contributed by atoms with Gasteiger partial charge in [-0.05, 0) is 24.1 Å². The van der Waals surface area contributed by atoms with E-state index in [0.29, 0.717) is 16.6 Å². The number of ether oxygens (including phenoxy) is 1. The van der Waals surface area contributed by atoms with Gasteiger partial charge in [-0.3, -0.25) is 4.79 Å². The number of nitrogens with zero attached hydrogens (tertiary/aromatic N) is 7. The van der Waals surface area contributed by atoms with Crippen molar-refractivity contribution >= 4 is 28.4 Å². The molecule has 1 amide bonds. The first kappa shape index (κ1) is 21.0. The predicted molar refractivity (Wildman–Crippen MR) is 128 cm³/mol. The van der Waals surface area contributed by atoms with Crippen LogP contribution in [0, 0.1) is 5.82 Å². The maximum Gasteiger partial charge on any atom is 0.252 e. The molecule has 6 rings (SSSR count). The SMILES string of the molecule is [2H]C([2H])([2H])C(=O)N1CC[C@H](Nc2nc(OC)c3c(-c4ccc5nnn(C6CC(F)(F)C6)c5c4)c(F)cn3n2)[C@H](F)C1. The second kappa shape index (κ2) is 8.81. The van der Waals surface area contributed by atoms with E-state index in [9.17, 15) is 18.0 Å². The van der Waals surface area contributed by atoms with Crippen LogP contribution in [0.5, 0.6) is 5.88 Å². The first-order chi connectivity index (χ1) is 19.3. The average Bonchev–Trinajstić information content (AvgIpc) is 3.46. The summed E-state index contributed by atoms with van der Waals surface area (Å²) < 4.78 is 87.1. The molecule has 0 bridgehead atoms. The van der Waals surface area contributed by atoms with Gasteiger partial charge in [-0.25, -0.2) is 26.8 Å². The summed E-state index contributed by atoms with van der Waals surface area (Å²) in [6.07, 6.45) is -1.13. The van der Waals surface area contributed by atoms with Crippen molar-refractivity contribution in [1.82, 2.24) is 34.5 Å². The molecule has 1 aromatic carbocycles. The summed E-state index contributed by atoms with van der Waals surface area (Å²) in [6.45, 7) is -3.25. The van der Waals surface area contributed by atoms with Gasteiger partial charge in [-0.1, -0.05) is 11.3 Å². The standard InChI is InChI=1S/C24H24F4N8O2/c1-12(37)34-6-5-17(15(25)10-34)29-23-30-22(38-2)21-20(16(26)11-35(21)32-23)13-3-4-18-19(7-13)36(33-31-18)14-8-24(27,28)9-14/h3-4,7,11,14-15,17H,5-6,8-10H2,1-2H3,(H,29,32)/t15-,17+/m1/s1/i1D3. The van der Waals surface area contributed by atoms with Gasteiger partial charge in [-0.2, -0.15) is 4.98 Å². The number of carbonyl (C=O) groups excluding carboxylic acids is 1. The maximum atomic E-state index is 15.4. The maximum absolute atomic E-state index is 15.4. The number of hydrogen-bond acceptors (Lipinski definition) is 7. The molecule has 1 N–H and O–H groups in total. The van der Waals surface area contributed by atoms with E-state index >= 15 is 4.39 Å². The van der Waals surface area contributed by atoms with Crippen molar-refractivity contribution in [2.24, 2.45) is 0 Å². The number of piperidine rings is 1. The lowest BCUT2D eigenvalue weighted by atomic mass is 9.88. The molecule has 4 heterocycles. The van der Waals surface area contributed by atoms with Crippen LogP contribution in [0.2, 0.25) is 0 Å². The van der Waals surface area contributed by atoms with Crippen LogP contribution < -0.4 is 10.1 Å². The molecule has 2 atom stereocenters. The minimum atomic E-state index is -2.86. The third-order valence-corrected chi connectivity index (χ3v) is 7.06. The molecule has 2 aliphatic rings. The number of anilines is 1. The molecule has 1 aliphatic carbocycles. The first-order valence-electron chi connectivity index (χ1n) is 13.4. The number of carbonyl (C=O) groups is 1. The van der Waals surface area contributed by atoms with E-state index in [-0.39, 0.29) is 48.7 Å². The van der Waals surface area contributed by atoms with E-state index in [4.69, 9.17) is 8.85 Å².